The number of hydrogen-bond donors (Lipinski definition) is 2. The minimum Gasteiger partial charge on any atom is -0.337 e. The Hall–Kier alpha value is -1.21. The number of nitrogens with zero attached hydrogens (tertiary/aromatic N) is 1. The number of urea groups is 1. The molecule has 0 aliphatic heterocycles. The van der Waals surface area contributed by atoms with Gasteiger partial charge in [-0.15, -0.1) is 0 Å². The van der Waals surface area contributed by atoms with Crippen LogP contribution < -0.4 is 9.62 Å². The third-order valence-corrected chi connectivity index (χ3v) is 3.86. The smallest absolute Gasteiger partial charge is 0.331 e. The van der Waals surface area contributed by atoms with E-state index in [1.165, 1.54) is 13.4 Å². The van der Waals surface area contributed by atoms with E-state index in [-0.39, 0.29) is 6.03 Å². The molecule has 0 fully saturated rings. The molecular formula is C15H15IN2OS. The molecule has 5 heteroatoms. The number of halogens is 1. The molecule has 0 aliphatic carbocycles. The number of nitrogens with one attached hydrogen (secondary N) is 1. The Labute approximate surface area is 138 Å². The van der Waals surface area contributed by atoms with E-state index in [1.54, 1.807) is 0 Å². The molecular weight excluding hydrogens is 383 g/mol. The Morgan fingerprint density at radius 2 is 1.90 bits per heavy atom. The summed E-state index contributed by atoms with van der Waals surface area (Å²) in [5, 5.41) is 2.86. The fourth-order valence-electron chi connectivity index (χ4n) is 1.77. The maximum absolute atomic E-state index is 11.9. The lowest BCUT2D eigenvalue weighted by atomic mass is 10.1. The van der Waals surface area contributed by atoms with Crippen LogP contribution in [-0.4, -0.2) is 12.6 Å². The van der Waals surface area contributed by atoms with Gasteiger partial charge in [-0.1, -0.05) is 43.1 Å². The van der Waals surface area contributed by atoms with Gasteiger partial charge < -0.3 is 5.32 Å². The third kappa shape index (κ3) is 4.42. The van der Waals surface area contributed by atoms with Crippen LogP contribution in [0.25, 0.3) is 0 Å². The summed E-state index contributed by atoms with van der Waals surface area (Å²) in [4.78, 5) is 11.9. The second kappa shape index (κ2) is 7.54. The number of amides is 2. The Morgan fingerprint density at radius 3 is 2.60 bits per heavy atom. The predicted octanol–water partition coefficient (Wildman–Crippen LogP) is 3.89. The number of para-hydroxylation sites is 1. The zero-order valence-corrected chi connectivity index (χ0v) is 13.8. The van der Waals surface area contributed by atoms with Gasteiger partial charge >= 0.3 is 6.03 Å². The first-order valence-electron chi connectivity index (χ1n) is 6.23. The topological polar surface area (TPSA) is 32.3 Å². The minimum atomic E-state index is -0.217. The zero-order valence-electron chi connectivity index (χ0n) is 10.8. The molecule has 2 rings (SSSR count). The first-order valence-corrected chi connectivity index (χ1v) is 7.71. The van der Waals surface area contributed by atoms with Gasteiger partial charge in [0.15, 0.2) is 0 Å². The van der Waals surface area contributed by atoms with Crippen molar-refractivity contribution in [1.29, 1.82) is 0 Å². The molecule has 2 aromatic carbocycles. The van der Waals surface area contributed by atoms with Crippen LogP contribution in [0.2, 0.25) is 0 Å². The normalized spacial score (nSPS) is 10.1. The van der Waals surface area contributed by atoms with E-state index in [1.807, 2.05) is 42.5 Å². The summed E-state index contributed by atoms with van der Waals surface area (Å²) in [6, 6.07) is 17.4. The SMILES string of the molecule is O=C(NCCc1cccc(I)c1)N(S)c1ccccc1. The Kier molecular flexibility index (Phi) is 5.72. The van der Waals surface area contributed by atoms with Gasteiger partial charge in [0.1, 0.15) is 0 Å². The molecule has 0 saturated heterocycles. The highest BCUT2D eigenvalue weighted by Gasteiger charge is 2.10. The van der Waals surface area contributed by atoms with Crippen LogP contribution in [0.4, 0.5) is 10.5 Å². The van der Waals surface area contributed by atoms with Crippen LogP contribution in [-0.2, 0) is 6.42 Å². The van der Waals surface area contributed by atoms with Gasteiger partial charge in [-0.25, -0.2) is 9.10 Å². The summed E-state index contributed by atoms with van der Waals surface area (Å²) in [6.07, 6.45) is 0.805. The Bertz CT molecular complexity index is 577. The van der Waals surface area contributed by atoms with Crippen LogP contribution in [0.3, 0.4) is 0 Å². The molecule has 0 aliphatic rings. The highest BCUT2D eigenvalue weighted by atomic mass is 127. The Morgan fingerprint density at radius 1 is 1.15 bits per heavy atom. The third-order valence-electron chi connectivity index (χ3n) is 2.77. The van der Waals surface area contributed by atoms with E-state index in [0.717, 1.165) is 12.1 Å². The van der Waals surface area contributed by atoms with Crippen molar-refractivity contribution >= 4 is 47.1 Å². The first kappa shape index (κ1) is 15.2. The number of rotatable bonds is 4. The molecule has 0 heterocycles. The molecule has 0 unspecified atom stereocenters. The zero-order chi connectivity index (χ0) is 14.4. The van der Waals surface area contributed by atoms with E-state index < -0.39 is 0 Å². The summed E-state index contributed by atoms with van der Waals surface area (Å²) in [6.45, 7) is 0.586. The monoisotopic (exact) mass is 398 g/mol. The fourth-order valence-corrected chi connectivity index (χ4v) is 2.58. The summed E-state index contributed by atoms with van der Waals surface area (Å²) in [5.41, 5.74) is 1.96. The van der Waals surface area contributed by atoms with E-state index in [4.69, 9.17) is 0 Å². The van der Waals surface area contributed by atoms with Crippen molar-refractivity contribution in [2.75, 3.05) is 10.8 Å². The van der Waals surface area contributed by atoms with Crippen molar-refractivity contribution in [2.45, 2.75) is 6.42 Å². The van der Waals surface area contributed by atoms with Gasteiger partial charge in [0.25, 0.3) is 0 Å². The van der Waals surface area contributed by atoms with Crippen molar-refractivity contribution in [3.8, 4) is 0 Å². The maximum Gasteiger partial charge on any atom is 0.331 e. The van der Waals surface area contributed by atoms with E-state index in [2.05, 4.69) is 52.9 Å². The summed E-state index contributed by atoms with van der Waals surface area (Å²) < 4.78 is 2.51. The van der Waals surface area contributed by atoms with Crippen LogP contribution in [0.1, 0.15) is 5.56 Å². The van der Waals surface area contributed by atoms with E-state index in [0.29, 0.717) is 6.54 Å². The number of thiol groups is 1. The van der Waals surface area contributed by atoms with E-state index in [9.17, 15) is 4.79 Å². The lowest BCUT2D eigenvalue weighted by Crippen LogP contribution is -2.35. The highest BCUT2D eigenvalue weighted by Crippen LogP contribution is 2.15. The van der Waals surface area contributed by atoms with Gasteiger partial charge in [-0.3, -0.25) is 0 Å². The first-order chi connectivity index (χ1) is 9.66. The number of anilines is 1. The molecule has 0 bridgehead atoms. The molecule has 20 heavy (non-hydrogen) atoms. The largest absolute Gasteiger partial charge is 0.337 e. The van der Waals surface area contributed by atoms with Gasteiger partial charge in [0.05, 0.1) is 5.69 Å². The van der Waals surface area contributed by atoms with Crippen molar-refractivity contribution in [2.24, 2.45) is 0 Å². The number of carbonyl (C=O) groups excluding carboxylic acids is 1. The number of carbonyl (C=O) groups is 1. The van der Waals surface area contributed by atoms with Crippen LogP contribution >= 0.6 is 35.4 Å². The summed E-state index contributed by atoms with van der Waals surface area (Å²) in [7, 11) is 0. The van der Waals surface area contributed by atoms with Gasteiger partial charge in [-0.2, -0.15) is 0 Å². The number of benzene rings is 2. The van der Waals surface area contributed by atoms with Crippen LogP contribution in [0.15, 0.2) is 54.6 Å². The molecule has 104 valence electrons. The molecule has 0 spiro atoms. The van der Waals surface area contributed by atoms with Crippen LogP contribution in [0.5, 0.6) is 0 Å². The quantitative estimate of drug-likeness (QED) is 0.595. The average Bonchev–Trinajstić information content (AvgIpc) is 2.47. The van der Waals surface area contributed by atoms with Gasteiger partial charge in [0, 0.05) is 10.1 Å². The molecule has 0 radical (unpaired) electrons. The molecule has 0 saturated carbocycles. The predicted molar refractivity (Wildman–Crippen MR) is 94.2 cm³/mol. The highest BCUT2D eigenvalue weighted by molar-refractivity contribution is 14.1. The lowest BCUT2D eigenvalue weighted by molar-refractivity contribution is 0.250. The van der Waals surface area contributed by atoms with Gasteiger partial charge in [-0.05, 0) is 58.8 Å². The standard InChI is InChI=1S/C15H15IN2OS/c16-13-6-4-5-12(11-13)9-10-17-15(19)18(20)14-7-2-1-3-8-14/h1-8,11,20H,9-10H2,(H,17,19). The lowest BCUT2D eigenvalue weighted by Gasteiger charge is -2.16. The fraction of sp³-hybridized carbons (Fsp3) is 0.133. The van der Waals surface area contributed by atoms with E-state index >= 15 is 0 Å². The molecule has 0 atom stereocenters. The van der Waals surface area contributed by atoms with Crippen molar-refractivity contribution < 1.29 is 4.79 Å². The maximum atomic E-state index is 11.9. The summed E-state index contributed by atoms with van der Waals surface area (Å²) in [5.74, 6) is 0. The Balaban J connectivity index is 1.83. The summed E-state index contributed by atoms with van der Waals surface area (Å²) >= 11 is 6.49. The van der Waals surface area contributed by atoms with Crippen molar-refractivity contribution in [1.82, 2.24) is 5.32 Å². The minimum absolute atomic E-state index is 0.217. The second-order valence-corrected chi connectivity index (χ2v) is 5.90. The molecule has 2 aromatic rings. The molecule has 1 N–H and O–H groups in total. The second-order valence-electron chi connectivity index (χ2n) is 4.26. The molecule has 3 nitrogen and oxygen atoms in total. The van der Waals surface area contributed by atoms with Gasteiger partial charge in [0.2, 0.25) is 0 Å². The number of hydrogen-bond acceptors (Lipinski definition) is 2. The van der Waals surface area contributed by atoms with Crippen molar-refractivity contribution in [3.63, 3.8) is 0 Å². The molecule has 2 amide bonds. The molecule has 0 aromatic heterocycles. The van der Waals surface area contributed by atoms with Crippen molar-refractivity contribution in [3.05, 3.63) is 63.7 Å². The average molecular weight is 398 g/mol. The van der Waals surface area contributed by atoms with Crippen LogP contribution in [0, 0.1) is 3.57 Å².